The van der Waals surface area contributed by atoms with Crippen LogP contribution in [-0.4, -0.2) is 22.1 Å². The Morgan fingerprint density at radius 3 is 2.83 bits per heavy atom. The van der Waals surface area contributed by atoms with Crippen molar-refractivity contribution in [1.82, 2.24) is 9.55 Å². The SMILES string of the molecule is C=C(/C=C\c1ncc(I)n1C)c1ccc(C(=O)OCC)c(F)c1. The third-order valence-electron chi connectivity index (χ3n) is 3.24. The first-order chi connectivity index (χ1) is 10.9. The van der Waals surface area contributed by atoms with Crippen molar-refractivity contribution in [3.63, 3.8) is 0 Å². The van der Waals surface area contributed by atoms with E-state index in [9.17, 15) is 9.18 Å². The highest BCUT2D eigenvalue weighted by Gasteiger charge is 2.13. The molecule has 0 bridgehead atoms. The zero-order valence-electron chi connectivity index (χ0n) is 12.8. The summed E-state index contributed by atoms with van der Waals surface area (Å²) in [6.07, 6.45) is 5.33. The zero-order valence-corrected chi connectivity index (χ0v) is 15.0. The number of carbonyl (C=O) groups excluding carboxylic acids is 1. The van der Waals surface area contributed by atoms with E-state index in [1.165, 1.54) is 12.1 Å². The van der Waals surface area contributed by atoms with Gasteiger partial charge in [-0.2, -0.15) is 0 Å². The number of benzene rings is 1. The second-order valence-corrected chi connectivity index (χ2v) is 5.88. The first-order valence-corrected chi connectivity index (χ1v) is 8.03. The van der Waals surface area contributed by atoms with Crippen molar-refractivity contribution in [3.05, 3.63) is 63.5 Å². The third-order valence-corrected chi connectivity index (χ3v) is 4.24. The van der Waals surface area contributed by atoms with Crippen LogP contribution in [0, 0.1) is 9.52 Å². The molecular weight excluding hydrogens is 410 g/mol. The Hall–Kier alpha value is -1.96. The lowest BCUT2D eigenvalue weighted by atomic mass is 10.0. The molecule has 0 atom stereocenters. The molecule has 0 unspecified atom stereocenters. The van der Waals surface area contributed by atoms with Crippen molar-refractivity contribution >= 4 is 40.2 Å². The molecule has 6 heteroatoms. The Bertz CT molecular complexity index is 781. The van der Waals surface area contributed by atoms with Gasteiger partial charge in [0.1, 0.15) is 11.6 Å². The van der Waals surface area contributed by atoms with E-state index < -0.39 is 11.8 Å². The molecule has 0 saturated carbocycles. The summed E-state index contributed by atoms with van der Waals surface area (Å²) in [4.78, 5) is 15.8. The molecule has 23 heavy (non-hydrogen) atoms. The van der Waals surface area contributed by atoms with Gasteiger partial charge in [0.2, 0.25) is 0 Å². The monoisotopic (exact) mass is 426 g/mol. The Kier molecular flexibility index (Phi) is 5.70. The fourth-order valence-corrected chi connectivity index (χ4v) is 2.30. The molecule has 1 aromatic carbocycles. The minimum Gasteiger partial charge on any atom is -0.462 e. The first kappa shape index (κ1) is 17.4. The Morgan fingerprint density at radius 1 is 1.52 bits per heavy atom. The van der Waals surface area contributed by atoms with Crippen molar-refractivity contribution in [2.24, 2.45) is 7.05 Å². The lowest BCUT2D eigenvalue weighted by molar-refractivity contribution is 0.0521. The largest absolute Gasteiger partial charge is 0.462 e. The van der Waals surface area contributed by atoms with Crippen LogP contribution in [0.3, 0.4) is 0 Å². The Labute approximate surface area is 147 Å². The maximum atomic E-state index is 14.0. The minimum atomic E-state index is -0.666. The summed E-state index contributed by atoms with van der Waals surface area (Å²) in [5, 5.41) is 0. The molecule has 120 valence electrons. The number of allylic oxidation sites excluding steroid dienone is 2. The van der Waals surface area contributed by atoms with E-state index in [0.29, 0.717) is 11.1 Å². The summed E-state index contributed by atoms with van der Waals surface area (Å²) in [7, 11) is 1.91. The predicted molar refractivity (Wildman–Crippen MR) is 96.3 cm³/mol. The van der Waals surface area contributed by atoms with Crippen molar-refractivity contribution in [2.75, 3.05) is 6.61 Å². The van der Waals surface area contributed by atoms with Crippen molar-refractivity contribution in [3.8, 4) is 0 Å². The van der Waals surface area contributed by atoms with Crippen LogP contribution in [-0.2, 0) is 11.8 Å². The lowest BCUT2D eigenvalue weighted by Crippen LogP contribution is -2.07. The Morgan fingerprint density at radius 2 is 2.26 bits per heavy atom. The molecule has 0 aliphatic heterocycles. The number of halogens is 2. The molecule has 1 heterocycles. The number of imidazole rings is 1. The molecule has 0 fully saturated rings. The van der Waals surface area contributed by atoms with E-state index in [1.807, 2.05) is 17.7 Å². The first-order valence-electron chi connectivity index (χ1n) is 6.95. The summed E-state index contributed by atoms with van der Waals surface area (Å²) in [6, 6.07) is 4.33. The maximum absolute atomic E-state index is 14.0. The van der Waals surface area contributed by atoms with E-state index in [-0.39, 0.29) is 12.2 Å². The van der Waals surface area contributed by atoms with Gasteiger partial charge in [-0.3, -0.25) is 0 Å². The van der Waals surface area contributed by atoms with Gasteiger partial charge in [-0.25, -0.2) is 14.2 Å². The van der Waals surface area contributed by atoms with Crippen LogP contribution in [0.4, 0.5) is 4.39 Å². The highest BCUT2D eigenvalue weighted by Crippen LogP contribution is 2.19. The molecule has 0 N–H and O–H groups in total. The van der Waals surface area contributed by atoms with Gasteiger partial charge in [0, 0.05) is 7.05 Å². The summed E-state index contributed by atoms with van der Waals surface area (Å²) in [5.41, 5.74) is 1.14. The van der Waals surface area contributed by atoms with Crippen molar-refractivity contribution < 1.29 is 13.9 Å². The van der Waals surface area contributed by atoms with Gasteiger partial charge in [0.25, 0.3) is 0 Å². The van der Waals surface area contributed by atoms with Crippen LogP contribution in [0.25, 0.3) is 11.6 Å². The van der Waals surface area contributed by atoms with E-state index in [4.69, 9.17) is 4.74 Å². The number of hydrogen-bond acceptors (Lipinski definition) is 3. The summed E-state index contributed by atoms with van der Waals surface area (Å²) < 4.78 is 21.8. The van der Waals surface area contributed by atoms with Crippen LogP contribution in [0.5, 0.6) is 0 Å². The fraction of sp³-hybridized carbons (Fsp3) is 0.176. The van der Waals surface area contributed by atoms with E-state index in [0.717, 1.165) is 9.53 Å². The highest BCUT2D eigenvalue weighted by atomic mass is 127. The zero-order chi connectivity index (χ0) is 17.0. The maximum Gasteiger partial charge on any atom is 0.341 e. The lowest BCUT2D eigenvalue weighted by Gasteiger charge is -2.06. The number of ether oxygens (including phenoxy) is 1. The van der Waals surface area contributed by atoms with Gasteiger partial charge in [-0.05, 0) is 58.9 Å². The van der Waals surface area contributed by atoms with Gasteiger partial charge >= 0.3 is 5.97 Å². The Balaban J connectivity index is 2.18. The average Bonchev–Trinajstić information content (AvgIpc) is 2.84. The standard InChI is InChI=1S/C17H16FIN2O2/c1-4-23-17(22)13-7-6-12(9-14(13)18)11(2)5-8-16-20-10-15(19)21(16)3/h5-10H,2,4H2,1,3H3/b8-5-. The van der Waals surface area contributed by atoms with Crippen LogP contribution >= 0.6 is 22.6 Å². The van der Waals surface area contributed by atoms with E-state index >= 15 is 0 Å². The smallest absolute Gasteiger partial charge is 0.341 e. The molecule has 1 aromatic heterocycles. The summed E-state index contributed by atoms with van der Waals surface area (Å²) >= 11 is 2.19. The molecule has 2 aromatic rings. The van der Waals surface area contributed by atoms with Crippen LogP contribution in [0.15, 0.2) is 37.1 Å². The van der Waals surface area contributed by atoms with Crippen LogP contribution in [0.1, 0.15) is 28.7 Å². The van der Waals surface area contributed by atoms with E-state index in [2.05, 4.69) is 34.2 Å². The molecular formula is C17H16FIN2O2. The number of nitrogens with zero attached hydrogens (tertiary/aromatic N) is 2. The number of hydrogen-bond donors (Lipinski definition) is 0. The second-order valence-electron chi connectivity index (χ2n) is 4.77. The van der Waals surface area contributed by atoms with Crippen LogP contribution < -0.4 is 0 Å². The molecule has 0 radical (unpaired) electrons. The fourth-order valence-electron chi connectivity index (χ4n) is 1.92. The quantitative estimate of drug-likeness (QED) is 0.412. The molecule has 2 rings (SSSR count). The summed E-state index contributed by atoms with van der Waals surface area (Å²) in [6.45, 7) is 5.80. The predicted octanol–water partition coefficient (Wildman–Crippen LogP) is 4.07. The number of aromatic nitrogens is 2. The average molecular weight is 426 g/mol. The van der Waals surface area contributed by atoms with Crippen LogP contribution in [0.2, 0.25) is 0 Å². The normalized spacial score (nSPS) is 11.0. The van der Waals surface area contributed by atoms with Gasteiger partial charge in [0.15, 0.2) is 0 Å². The molecule has 4 nitrogen and oxygen atoms in total. The topological polar surface area (TPSA) is 44.1 Å². The highest BCUT2D eigenvalue weighted by molar-refractivity contribution is 14.1. The second kappa shape index (κ2) is 7.54. The molecule has 0 aliphatic rings. The summed E-state index contributed by atoms with van der Waals surface area (Å²) in [5.74, 6) is -0.513. The van der Waals surface area contributed by atoms with Gasteiger partial charge < -0.3 is 9.30 Å². The van der Waals surface area contributed by atoms with E-state index in [1.54, 1.807) is 25.3 Å². The molecule has 0 saturated heterocycles. The third kappa shape index (κ3) is 4.07. The van der Waals surface area contributed by atoms with Gasteiger partial charge in [-0.1, -0.05) is 18.7 Å². The molecule has 0 amide bonds. The number of esters is 1. The number of carbonyl (C=O) groups is 1. The molecule has 0 spiro atoms. The molecule has 0 aliphatic carbocycles. The van der Waals surface area contributed by atoms with Crippen molar-refractivity contribution in [1.29, 1.82) is 0 Å². The minimum absolute atomic E-state index is 0.0777. The van der Waals surface area contributed by atoms with Gasteiger partial charge in [-0.15, -0.1) is 0 Å². The number of rotatable bonds is 5. The van der Waals surface area contributed by atoms with Gasteiger partial charge in [0.05, 0.1) is 22.1 Å². The van der Waals surface area contributed by atoms with Crippen molar-refractivity contribution in [2.45, 2.75) is 6.92 Å².